The van der Waals surface area contributed by atoms with Gasteiger partial charge in [0.2, 0.25) is 10.0 Å². The van der Waals surface area contributed by atoms with Gasteiger partial charge in [-0.05, 0) is 37.5 Å². The normalized spacial score (nSPS) is 18.6. The van der Waals surface area contributed by atoms with Crippen molar-refractivity contribution in [3.63, 3.8) is 0 Å². The third-order valence-electron chi connectivity index (χ3n) is 3.96. The molecule has 0 aliphatic heterocycles. The Morgan fingerprint density at radius 1 is 1.35 bits per heavy atom. The summed E-state index contributed by atoms with van der Waals surface area (Å²) in [4.78, 5) is 0.203. The molecule has 1 N–H and O–H groups in total. The third kappa shape index (κ3) is 3.01. The van der Waals surface area contributed by atoms with E-state index in [-0.39, 0.29) is 11.4 Å². The van der Waals surface area contributed by atoms with E-state index in [9.17, 15) is 13.5 Å². The van der Waals surface area contributed by atoms with Gasteiger partial charge in [0.15, 0.2) is 0 Å². The van der Waals surface area contributed by atoms with Gasteiger partial charge >= 0.3 is 0 Å². The molecule has 0 bridgehead atoms. The molecule has 0 amide bonds. The zero-order valence-electron chi connectivity index (χ0n) is 11.8. The van der Waals surface area contributed by atoms with Crippen LogP contribution in [0.1, 0.15) is 31.2 Å². The number of hydrogen-bond acceptors (Lipinski definition) is 3. The molecule has 4 nitrogen and oxygen atoms in total. The molecule has 6 heteroatoms. The van der Waals surface area contributed by atoms with Crippen molar-refractivity contribution in [1.29, 1.82) is 0 Å². The van der Waals surface area contributed by atoms with Gasteiger partial charge in [0.1, 0.15) is 0 Å². The number of benzene rings is 1. The Kier molecular flexibility index (Phi) is 4.44. The topological polar surface area (TPSA) is 57.6 Å². The highest BCUT2D eigenvalue weighted by atomic mass is 35.5. The molecule has 0 saturated heterocycles. The Labute approximate surface area is 125 Å². The number of nitrogens with zero attached hydrogens (tertiary/aromatic N) is 1. The Morgan fingerprint density at radius 3 is 2.55 bits per heavy atom. The highest BCUT2D eigenvalue weighted by Crippen LogP contribution is 2.32. The maximum absolute atomic E-state index is 12.6. The van der Waals surface area contributed by atoms with Crippen LogP contribution in [0.5, 0.6) is 0 Å². The monoisotopic (exact) mass is 317 g/mol. The molecule has 0 atom stereocenters. The van der Waals surface area contributed by atoms with E-state index < -0.39 is 15.6 Å². The van der Waals surface area contributed by atoms with Crippen LogP contribution >= 0.6 is 11.6 Å². The van der Waals surface area contributed by atoms with Gasteiger partial charge in [0.25, 0.3) is 0 Å². The van der Waals surface area contributed by atoms with Crippen LogP contribution in [0.25, 0.3) is 0 Å². The van der Waals surface area contributed by atoms with Crippen LogP contribution in [-0.4, -0.2) is 37.0 Å². The zero-order chi connectivity index (χ0) is 15.0. The summed E-state index contributed by atoms with van der Waals surface area (Å²) in [6.45, 7) is 1.81. The fourth-order valence-corrected chi connectivity index (χ4v) is 4.45. The second-order valence-corrected chi connectivity index (χ2v) is 7.98. The summed E-state index contributed by atoms with van der Waals surface area (Å²) < 4.78 is 26.4. The maximum Gasteiger partial charge on any atom is 0.243 e. The van der Waals surface area contributed by atoms with Crippen LogP contribution in [0.2, 0.25) is 5.02 Å². The minimum Gasteiger partial charge on any atom is -0.389 e. The van der Waals surface area contributed by atoms with E-state index >= 15 is 0 Å². The lowest BCUT2D eigenvalue weighted by atomic mass is 10.0. The molecule has 1 aliphatic carbocycles. The van der Waals surface area contributed by atoms with Gasteiger partial charge in [0.05, 0.1) is 10.5 Å². The molecule has 0 unspecified atom stereocenters. The van der Waals surface area contributed by atoms with E-state index in [1.165, 1.54) is 11.4 Å². The second kappa shape index (κ2) is 5.64. The molecular weight excluding hydrogens is 298 g/mol. The predicted octanol–water partition coefficient (Wildman–Crippen LogP) is 2.57. The first kappa shape index (κ1) is 15.8. The van der Waals surface area contributed by atoms with Gasteiger partial charge in [-0.1, -0.05) is 30.5 Å². The molecule has 0 aromatic heterocycles. The Bertz CT molecular complexity index is 594. The molecule has 20 heavy (non-hydrogen) atoms. The molecule has 112 valence electrons. The van der Waals surface area contributed by atoms with Crippen LogP contribution in [0.15, 0.2) is 23.1 Å². The lowest BCUT2D eigenvalue weighted by Gasteiger charge is -2.28. The number of hydrogen-bond donors (Lipinski definition) is 1. The summed E-state index contributed by atoms with van der Waals surface area (Å²) in [5.74, 6) is 0. The standard InChI is InChI=1S/C14H20ClNO3S/c1-11-12(15)6-5-7-13(11)20(18,19)16(2)10-14(17)8-3-4-9-14/h5-7,17H,3-4,8-10H2,1-2H3. The predicted molar refractivity (Wildman–Crippen MR) is 79.4 cm³/mol. The fraction of sp³-hybridized carbons (Fsp3) is 0.571. The largest absolute Gasteiger partial charge is 0.389 e. The average molecular weight is 318 g/mol. The van der Waals surface area contributed by atoms with Crippen molar-refractivity contribution < 1.29 is 13.5 Å². The Hall–Kier alpha value is -0.620. The second-order valence-electron chi connectivity index (χ2n) is 5.56. The zero-order valence-corrected chi connectivity index (χ0v) is 13.3. The summed E-state index contributed by atoms with van der Waals surface area (Å²) >= 11 is 5.99. The van der Waals surface area contributed by atoms with Gasteiger partial charge in [-0.25, -0.2) is 8.42 Å². The first-order chi connectivity index (χ1) is 9.26. The molecule has 0 radical (unpaired) electrons. The SMILES string of the molecule is Cc1c(Cl)cccc1S(=O)(=O)N(C)CC1(O)CCCC1. The summed E-state index contributed by atoms with van der Waals surface area (Å²) in [6.07, 6.45) is 3.20. The Balaban J connectivity index is 2.28. The van der Waals surface area contributed by atoms with Crippen LogP contribution in [0, 0.1) is 6.92 Å². The van der Waals surface area contributed by atoms with Crippen molar-refractivity contribution in [2.24, 2.45) is 0 Å². The van der Waals surface area contributed by atoms with Crippen molar-refractivity contribution in [3.8, 4) is 0 Å². The quantitative estimate of drug-likeness (QED) is 0.928. The molecular formula is C14H20ClNO3S. The number of sulfonamides is 1. The van der Waals surface area contributed by atoms with E-state index in [0.717, 1.165) is 12.8 Å². The van der Waals surface area contributed by atoms with Crippen LogP contribution in [-0.2, 0) is 10.0 Å². The number of rotatable bonds is 4. The van der Waals surface area contributed by atoms with Crippen molar-refractivity contribution in [2.75, 3.05) is 13.6 Å². The van der Waals surface area contributed by atoms with Gasteiger partial charge in [0, 0.05) is 18.6 Å². The minimum absolute atomic E-state index is 0.126. The van der Waals surface area contributed by atoms with E-state index in [1.54, 1.807) is 25.1 Å². The summed E-state index contributed by atoms with van der Waals surface area (Å²) in [5, 5.41) is 10.8. The number of halogens is 1. The van der Waals surface area contributed by atoms with E-state index in [4.69, 9.17) is 11.6 Å². The molecule has 1 saturated carbocycles. The lowest BCUT2D eigenvalue weighted by molar-refractivity contribution is 0.0333. The minimum atomic E-state index is -3.63. The van der Waals surface area contributed by atoms with Crippen molar-refractivity contribution >= 4 is 21.6 Å². The molecule has 0 spiro atoms. The molecule has 1 aromatic rings. The number of likely N-dealkylation sites (N-methyl/N-ethyl adjacent to an activating group) is 1. The highest BCUT2D eigenvalue weighted by molar-refractivity contribution is 7.89. The molecule has 1 fully saturated rings. The summed E-state index contributed by atoms with van der Waals surface area (Å²) in [7, 11) is -2.12. The van der Waals surface area contributed by atoms with E-state index in [1.807, 2.05) is 0 Å². The Morgan fingerprint density at radius 2 is 1.95 bits per heavy atom. The third-order valence-corrected chi connectivity index (χ3v) is 6.31. The summed E-state index contributed by atoms with van der Waals surface area (Å²) in [5.41, 5.74) is -0.353. The molecule has 1 aliphatic rings. The summed E-state index contributed by atoms with van der Waals surface area (Å²) in [6, 6.07) is 4.84. The van der Waals surface area contributed by atoms with Gasteiger partial charge in [-0.15, -0.1) is 0 Å². The average Bonchev–Trinajstić information content (AvgIpc) is 2.79. The highest BCUT2D eigenvalue weighted by Gasteiger charge is 2.36. The first-order valence-corrected chi connectivity index (χ1v) is 8.52. The van der Waals surface area contributed by atoms with Crippen molar-refractivity contribution in [2.45, 2.75) is 43.1 Å². The molecule has 1 aromatic carbocycles. The lowest BCUT2D eigenvalue weighted by Crippen LogP contribution is -2.42. The van der Waals surface area contributed by atoms with Gasteiger partial charge in [-0.2, -0.15) is 4.31 Å². The van der Waals surface area contributed by atoms with Crippen LogP contribution in [0.4, 0.5) is 0 Å². The van der Waals surface area contributed by atoms with Gasteiger partial charge in [-0.3, -0.25) is 0 Å². The van der Waals surface area contributed by atoms with Crippen LogP contribution in [0.3, 0.4) is 0 Å². The van der Waals surface area contributed by atoms with Crippen molar-refractivity contribution in [3.05, 3.63) is 28.8 Å². The maximum atomic E-state index is 12.6. The van der Waals surface area contributed by atoms with Crippen molar-refractivity contribution in [1.82, 2.24) is 4.31 Å². The van der Waals surface area contributed by atoms with Gasteiger partial charge < -0.3 is 5.11 Å². The smallest absolute Gasteiger partial charge is 0.243 e. The van der Waals surface area contributed by atoms with E-state index in [0.29, 0.717) is 23.4 Å². The molecule has 0 heterocycles. The fourth-order valence-electron chi connectivity index (χ4n) is 2.73. The van der Waals surface area contributed by atoms with Crippen LogP contribution < -0.4 is 0 Å². The van der Waals surface area contributed by atoms with E-state index in [2.05, 4.69) is 0 Å². The first-order valence-electron chi connectivity index (χ1n) is 6.70. The molecule has 2 rings (SSSR count). The number of aliphatic hydroxyl groups is 1.